The summed E-state index contributed by atoms with van der Waals surface area (Å²) >= 11 is 3.54. The Balaban J connectivity index is 1.57. The zero-order valence-corrected chi connectivity index (χ0v) is 21.7. The molecule has 1 N–H and O–H groups in total. The SMILES string of the molecule is Cc1ccc2cc(Br)cc(C(=O)N(C)C(CCNC(=O)c3cccn3C)Cc3ccccc3)c2n1. The highest BCUT2D eigenvalue weighted by Crippen LogP contribution is 2.25. The lowest BCUT2D eigenvalue weighted by Gasteiger charge is -2.29. The Morgan fingerprint density at radius 3 is 2.57 bits per heavy atom. The molecule has 2 aromatic carbocycles. The average molecular weight is 533 g/mol. The Hall–Kier alpha value is -3.45. The highest BCUT2D eigenvalue weighted by molar-refractivity contribution is 9.10. The summed E-state index contributed by atoms with van der Waals surface area (Å²) in [6.45, 7) is 2.38. The predicted octanol–water partition coefficient (Wildman–Crippen LogP) is 5.15. The van der Waals surface area contributed by atoms with Gasteiger partial charge in [0.15, 0.2) is 0 Å². The molecule has 0 radical (unpaired) electrons. The number of carbonyl (C=O) groups excluding carboxylic acids is 2. The molecule has 0 saturated heterocycles. The van der Waals surface area contributed by atoms with Crippen molar-refractivity contribution < 1.29 is 9.59 Å². The fraction of sp³-hybridized carbons (Fsp3) is 0.250. The molecule has 1 atom stereocenters. The molecule has 7 heteroatoms. The summed E-state index contributed by atoms with van der Waals surface area (Å²) in [7, 11) is 3.68. The van der Waals surface area contributed by atoms with Gasteiger partial charge in [0.05, 0.1) is 11.1 Å². The van der Waals surface area contributed by atoms with Crippen molar-refractivity contribution in [2.45, 2.75) is 25.8 Å². The third-order valence-corrected chi connectivity index (χ3v) is 6.71. The maximum atomic E-state index is 13.8. The maximum absolute atomic E-state index is 13.8. The Morgan fingerprint density at radius 1 is 1.09 bits per heavy atom. The number of benzene rings is 2. The highest BCUT2D eigenvalue weighted by atomic mass is 79.9. The molecule has 0 spiro atoms. The van der Waals surface area contributed by atoms with Crippen LogP contribution in [0.2, 0.25) is 0 Å². The van der Waals surface area contributed by atoms with Crippen molar-refractivity contribution in [3.8, 4) is 0 Å². The van der Waals surface area contributed by atoms with Crippen LogP contribution in [0.1, 0.15) is 38.5 Å². The fourth-order valence-corrected chi connectivity index (χ4v) is 4.75. The van der Waals surface area contributed by atoms with Gasteiger partial charge in [-0.05, 0) is 55.7 Å². The summed E-state index contributed by atoms with van der Waals surface area (Å²) in [5.41, 5.74) is 3.86. The number of hydrogen-bond acceptors (Lipinski definition) is 3. The van der Waals surface area contributed by atoms with Crippen LogP contribution in [-0.2, 0) is 13.5 Å². The summed E-state index contributed by atoms with van der Waals surface area (Å²) in [6.07, 6.45) is 3.14. The van der Waals surface area contributed by atoms with E-state index in [9.17, 15) is 9.59 Å². The van der Waals surface area contributed by atoms with E-state index >= 15 is 0 Å². The zero-order chi connectivity index (χ0) is 24.9. The lowest BCUT2D eigenvalue weighted by Crippen LogP contribution is -2.41. The van der Waals surface area contributed by atoms with Crippen LogP contribution in [0, 0.1) is 6.92 Å². The van der Waals surface area contributed by atoms with Crippen LogP contribution in [0.15, 0.2) is 77.4 Å². The van der Waals surface area contributed by atoms with Crippen LogP contribution in [0.5, 0.6) is 0 Å². The molecule has 1 unspecified atom stereocenters. The van der Waals surface area contributed by atoms with Gasteiger partial charge >= 0.3 is 0 Å². The number of halogens is 1. The van der Waals surface area contributed by atoms with Gasteiger partial charge in [0, 0.05) is 48.4 Å². The summed E-state index contributed by atoms with van der Waals surface area (Å²) in [6, 6.07) is 21.4. The van der Waals surface area contributed by atoms with Crippen LogP contribution in [0.25, 0.3) is 10.9 Å². The molecular formula is C28H29BrN4O2. The average Bonchev–Trinajstić information content (AvgIpc) is 3.28. The first kappa shape index (κ1) is 24.7. The van der Waals surface area contributed by atoms with Crippen molar-refractivity contribution in [1.82, 2.24) is 19.8 Å². The fourth-order valence-electron chi connectivity index (χ4n) is 4.27. The van der Waals surface area contributed by atoms with Crippen LogP contribution in [0.4, 0.5) is 0 Å². The number of amides is 2. The number of nitrogens with one attached hydrogen (secondary N) is 1. The number of nitrogens with zero attached hydrogens (tertiary/aromatic N) is 3. The number of hydrogen-bond donors (Lipinski definition) is 1. The molecule has 0 bridgehead atoms. The molecule has 4 rings (SSSR count). The second-order valence-corrected chi connectivity index (χ2v) is 9.70. The van der Waals surface area contributed by atoms with Crippen molar-refractivity contribution in [1.29, 1.82) is 0 Å². The molecule has 2 amide bonds. The molecule has 35 heavy (non-hydrogen) atoms. The second kappa shape index (κ2) is 10.9. The van der Waals surface area contributed by atoms with Gasteiger partial charge in [-0.15, -0.1) is 0 Å². The minimum Gasteiger partial charge on any atom is -0.351 e. The van der Waals surface area contributed by atoms with Crippen molar-refractivity contribution >= 4 is 38.6 Å². The number of aromatic nitrogens is 2. The zero-order valence-electron chi connectivity index (χ0n) is 20.2. The van der Waals surface area contributed by atoms with Crippen LogP contribution >= 0.6 is 15.9 Å². The summed E-state index contributed by atoms with van der Waals surface area (Å²) in [5, 5.41) is 3.92. The second-order valence-electron chi connectivity index (χ2n) is 8.79. The normalized spacial score (nSPS) is 11.9. The molecular weight excluding hydrogens is 504 g/mol. The van der Waals surface area contributed by atoms with Crippen molar-refractivity contribution in [2.75, 3.05) is 13.6 Å². The molecule has 180 valence electrons. The van der Waals surface area contributed by atoms with E-state index < -0.39 is 0 Å². The van der Waals surface area contributed by atoms with Crippen LogP contribution < -0.4 is 5.32 Å². The first-order valence-corrected chi connectivity index (χ1v) is 12.4. The number of carbonyl (C=O) groups is 2. The smallest absolute Gasteiger partial charge is 0.267 e. The monoisotopic (exact) mass is 532 g/mol. The van der Waals surface area contributed by atoms with E-state index in [1.54, 1.807) is 15.5 Å². The summed E-state index contributed by atoms with van der Waals surface area (Å²) in [4.78, 5) is 32.8. The quantitative estimate of drug-likeness (QED) is 0.341. The molecule has 2 aromatic heterocycles. The molecule has 4 aromatic rings. The lowest BCUT2D eigenvalue weighted by atomic mass is 10.0. The third-order valence-electron chi connectivity index (χ3n) is 6.25. The number of pyridine rings is 1. The van der Waals surface area contributed by atoms with E-state index in [0.29, 0.717) is 36.2 Å². The van der Waals surface area contributed by atoms with E-state index in [4.69, 9.17) is 0 Å². The van der Waals surface area contributed by atoms with Crippen LogP contribution in [-0.4, -0.2) is 45.9 Å². The van der Waals surface area contributed by atoms with Crippen molar-refractivity contribution in [3.63, 3.8) is 0 Å². The van der Waals surface area contributed by atoms with Gasteiger partial charge in [0.1, 0.15) is 5.69 Å². The molecule has 6 nitrogen and oxygen atoms in total. The molecule has 0 aliphatic heterocycles. The van der Waals surface area contributed by atoms with Crippen molar-refractivity contribution in [2.24, 2.45) is 7.05 Å². The first-order valence-electron chi connectivity index (χ1n) is 11.6. The summed E-state index contributed by atoms with van der Waals surface area (Å²) in [5.74, 6) is -0.216. The van der Waals surface area contributed by atoms with E-state index in [-0.39, 0.29) is 17.9 Å². The minimum absolute atomic E-state index is 0.0934. The largest absolute Gasteiger partial charge is 0.351 e. The standard InChI is InChI=1S/C28H29BrN4O2/c1-19-11-12-21-17-22(29)18-24(26(21)31-19)28(35)33(3)23(16-20-8-5-4-6-9-20)13-14-30-27(34)25-10-7-15-32(25)2/h4-12,15,17-18,23H,13-14,16H2,1-3H3,(H,30,34). The van der Waals surface area contributed by atoms with Gasteiger partial charge in [0.25, 0.3) is 11.8 Å². The molecule has 0 aliphatic rings. The molecule has 2 heterocycles. The molecule has 0 saturated carbocycles. The number of likely N-dealkylation sites (N-methyl/N-ethyl adjacent to an activating group) is 1. The number of fused-ring (bicyclic) bond motifs is 1. The van der Waals surface area contributed by atoms with E-state index in [1.807, 2.05) is 75.7 Å². The summed E-state index contributed by atoms with van der Waals surface area (Å²) < 4.78 is 2.63. The third kappa shape index (κ3) is 5.80. The lowest BCUT2D eigenvalue weighted by molar-refractivity contribution is 0.0724. The first-order chi connectivity index (χ1) is 16.8. The van der Waals surface area contributed by atoms with Crippen molar-refractivity contribution in [3.05, 3.63) is 99.9 Å². The van der Waals surface area contributed by atoms with Gasteiger partial charge in [-0.2, -0.15) is 0 Å². The van der Waals surface area contributed by atoms with Gasteiger partial charge in [-0.1, -0.05) is 52.3 Å². The van der Waals surface area contributed by atoms with E-state index in [1.165, 1.54) is 0 Å². The highest BCUT2D eigenvalue weighted by Gasteiger charge is 2.24. The Morgan fingerprint density at radius 2 is 1.86 bits per heavy atom. The molecule has 0 fully saturated rings. The van der Waals surface area contributed by atoms with Gasteiger partial charge in [-0.25, -0.2) is 0 Å². The molecule has 0 aliphatic carbocycles. The predicted molar refractivity (Wildman–Crippen MR) is 143 cm³/mol. The number of aryl methyl sites for hydroxylation is 2. The Labute approximate surface area is 214 Å². The maximum Gasteiger partial charge on any atom is 0.267 e. The topological polar surface area (TPSA) is 67.2 Å². The van der Waals surface area contributed by atoms with Gasteiger partial charge in [0.2, 0.25) is 0 Å². The van der Waals surface area contributed by atoms with Gasteiger partial charge in [-0.3, -0.25) is 14.6 Å². The minimum atomic E-state index is -0.123. The Kier molecular flexibility index (Phi) is 7.66. The number of rotatable bonds is 8. The van der Waals surface area contributed by atoms with E-state index in [2.05, 4.69) is 38.4 Å². The Bertz CT molecular complexity index is 1350. The van der Waals surface area contributed by atoms with Crippen LogP contribution in [0.3, 0.4) is 0 Å². The van der Waals surface area contributed by atoms with Gasteiger partial charge < -0.3 is 14.8 Å². The van der Waals surface area contributed by atoms with E-state index in [0.717, 1.165) is 21.1 Å².